The van der Waals surface area contributed by atoms with Crippen LogP contribution in [0.15, 0.2) is 35.7 Å². The zero-order chi connectivity index (χ0) is 18.8. The summed E-state index contributed by atoms with van der Waals surface area (Å²) in [6, 6.07) is 4.61. The minimum atomic E-state index is -0.280. The molecule has 0 bridgehead atoms. The van der Waals surface area contributed by atoms with Crippen LogP contribution in [0.4, 0.5) is 4.39 Å². The maximum atomic E-state index is 13.4. The molecular weight excluding hydrogens is 391 g/mol. The lowest BCUT2D eigenvalue weighted by atomic mass is 10.1. The molecule has 4 aromatic rings. The van der Waals surface area contributed by atoms with Crippen molar-refractivity contribution < 1.29 is 9.18 Å². The predicted octanol–water partition coefficient (Wildman–Crippen LogP) is 3.08. The standard InChI is InChI=1S/C17H14ClFN6OS/c18-17-24-15-14(22-8-23-15)16(25-17)27-7-13(26)20-4-3-9-6-21-12-2-1-10(19)5-11(9)12/h1-2,5-6,8,21H,3-4,7H2,(H,20,26)(H,22,23,24,25). The highest BCUT2D eigenvalue weighted by Crippen LogP contribution is 2.24. The van der Waals surface area contributed by atoms with Crippen LogP contribution in [0.1, 0.15) is 5.56 Å². The molecule has 3 N–H and O–H groups in total. The number of carbonyl (C=O) groups excluding carboxylic acids is 1. The van der Waals surface area contributed by atoms with E-state index in [1.54, 1.807) is 6.07 Å². The van der Waals surface area contributed by atoms with Crippen LogP contribution in [-0.4, -0.2) is 43.1 Å². The van der Waals surface area contributed by atoms with E-state index in [9.17, 15) is 9.18 Å². The highest BCUT2D eigenvalue weighted by atomic mass is 35.5. The summed E-state index contributed by atoms with van der Waals surface area (Å²) < 4.78 is 13.4. The molecule has 10 heteroatoms. The molecule has 0 aliphatic rings. The first-order valence-electron chi connectivity index (χ1n) is 8.12. The van der Waals surface area contributed by atoms with Crippen LogP contribution < -0.4 is 5.32 Å². The molecule has 0 saturated heterocycles. The average molecular weight is 405 g/mol. The van der Waals surface area contributed by atoms with Crippen LogP contribution in [0, 0.1) is 5.82 Å². The second kappa shape index (κ2) is 7.53. The first-order valence-corrected chi connectivity index (χ1v) is 9.48. The number of fused-ring (bicyclic) bond motifs is 2. The van der Waals surface area contributed by atoms with Crippen molar-refractivity contribution in [3.63, 3.8) is 0 Å². The van der Waals surface area contributed by atoms with E-state index >= 15 is 0 Å². The average Bonchev–Trinajstić information content (AvgIpc) is 3.26. The molecule has 7 nitrogen and oxygen atoms in total. The lowest BCUT2D eigenvalue weighted by Crippen LogP contribution is -2.27. The second-order valence-corrected chi connectivity index (χ2v) is 7.09. The van der Waals surface area contributed by atoms with Crippen LogP contribution in [0.2, 0.25) is 5.28 Å². The van der Waals surface area contributed by atoms with Gasteiger partial charge in [0, 0.05) is 23.6 Å². The number of aromatic amines is 2. The Hall–Kier alpha value is -2.65. The number of aromatic nitrogens is 5. The molecule has 3 aromatic heterocycles. The van der Waals surface area contributed by atoms with E-state index in [1.165, 1.54) is 30.2 Å². The molecule has 0 aliphatic carbocycles. The molecule has 0 radical (unpaired) electrons. The van der Waals surface area contributed by atoms with Gasteiger partial charge in [0.25, 0.3) is 0 Å². The summed E-state index contributed by atoms with van der Waals surface area (Å²) in [7, 11) is 0. The highest BCUT2D eigenvalue weighted by molar-refractivity contribution is 8.00. The number of benzene rings is 1. The molecule has 138 valence electrons. The highest BCUT2D eigenvalue weighted by Gasteiger charge is 2.12. The van der Waals surface area contributed by atoms with Gasteiger partial charge in [0.2, 0.25) is 11.2 Å². The van der Waals surface area contributed by atoms with Crippen molar-refractivity contribution in [1.29, 1.82) is 0 Å². The molecular formula is C17H14ClFN6OS. The van der Waals surface area contributed by atoms with E-state index < -0.39 is 0 Å². The number of amides is 1. The fourth-order valence-electron chi connectivity index (χ4n) is 2.76. The van der Waals surface area contributed by atoms with Crippen LogP contribution in [-0.2, 0) is 11.2 Å². The van der Waals surface area contributed by atoms with Crippen molar-refractivity contribution in [2.45, 2.75) is 11.4 Å². The van der Waals surface area contributed by atoms with Crippen LogP contribution in [0.3, 0.4) is 0 Å². The Morgan fingerprint density at radius 3 is 3.07 bits per heavy atom. The van der Waals surface area contributed by atoms with Crippen LogP contribution in [0.5, 0.6) is 0 Å². The van der Waals surface area contributed by atoms with E-state index in [0.717, 1.165) is 16.5 Å². The van der Waals surface area contributed by atoms with E-state index in [2.05, 4.69) is 30.2 Å². The van der Waals surface area contributed by atoms with Crippen molar-refractivity contribution in [3.8, 4) is 0 Å². The summed E-state index contributed by atoms with van der Waals surface area (Å²) in [5.74, 6) is -0.227. The van der Waals surface area contributed by atoms with Gasteiger partial charge in [-0.15, -0.1) is 0 Å². The number of carbonyl (C=O) groups is 1. The molecule has 27 heavy (non-hydrogen) atoms. The quantitative estimate of drug-likeness (QED) is 0.260. The number of nitrogens with one attached hydrogen (secondary N) is 3. The molecule has 0 fully saturated rings. The molecule has 3 heterocycles. The molecule has 0 spiro atoms. The Bertz CT molecular complexity index is 1130. The number of hydrogen-bond acceptors (Lipinski definition) is 5. The number of H-pyrrole nitrogens is 2. The normalized spacial score (nSPS) is 11.3. The minimum absolute atomic E-state index is 0.0871. The van der Waals surface area contributed by atoms with Gasteiger partial charge in [-0.3, -0.25) is 4.79 Å². The number of halogens is 2. The number of nitrogens with zero attached hydrogens (tertiary/aromatic N) is 3. The van der Waals surface area contributed by atoms with Gasteiger partial charge in [0.1, 0.15) is 16.4 Å². The number of thioether (sulfide) groups is 1. The molecule has 1 amide bonds. The van der Waals surface area contributed by atoms with Crippen LogP contribution >= 0.6 is 23.4 Å². The Kier molecular flexibility index (Phi) is 4.95. The van der Waals surface area contributed by atoms with Crippen molar-refractivity contribution in [2.75, 3.05) is 12.3 Å². The summed E-state index contributed by atoms with van der Waals surface area (Å²) >= 11 is 7.13. The maximum absolute atomic E-state index is 13.4. The van der Waals surface area contributed by atoms with Gasteiger partial charge in [-0.25, -0.2) is 14.4 Å². The molecule has 1 aromatic carbocycles. The largest absolute Gasteiger partial charge is 0.361 e. The van der Waals surface area contributed by atoms with E-state index in [4.69, 9.17) is 11.6 Å². The Morgan fingerprint density at radius 1 is 1.30 bits per heavy atom. The van der Waals surface area contributed by atoms with E-state index in [1.807, 2.05) is 6.20 Å². The molecule has 0 atom stereocenters. The van der Waals surface area contributed by atoms with E-state index in [-0.39, 0.29) is 22.8 Å². The third kappa shape index (κ3) is 3.88. The predicted molar refractivity (Wildman–Crippen MR) is 102 cm³/mol. The Morgan fingerprint density at radius 2 is 2.19 bits per heavy atom. The fourth-order valence-corrected chi connectivity index (χ4v) is 3.79. The second-order valence-electron chi connectivity index (χ2n) is 5.79. The monoisotopic (exact) mass is 404 g/mol. The molecule has 0 saturated carbocycles. The summed E-state index contributed by atoms with van der Waals surface area (Å²) in [6.07, 6.45) is 3.94. The lowest BCUT2D eigenvalue weighted by molar-refractivity contribution is -0.118. The fraction of sp³-hybridized carbons (Fsp3) is 0.176. The van der Waals surface area contributed by atoms with Crippen molar-refractivity contribution in [3.05, 3.63) is 47.4 Å². The van der Waals surface area contributed by atoms with Gasteiger partial charge in [0.05, 0.1) is 12.1 Å². The van der Waals surface area contributed by atoms with Gasteiger partial charge >= 0.3 is 0 Å². The van der Waals surface area contributed by atoms with Crippen molar-refractivity contribution in [1.82, 2.24) is 30.2 Å². The number of imidazole rings is 1. The first-order chi connectivity index (χ1) is 13.1. The maximum Gasteiger partial charge on any atom is 0.230 e. The summed E-state index contributed by atoms with van der Waals surface area (Å²) in [5.41, 5.74) is 2.94. The van der Waals surface area contributed by atoms with Gasteiger partial charge in [-0.2, -0.15) is 4.98 Å². The molecule has 0 aliphatic heterocycles. The third-order valence-corrected chi connectivity index (χ3v) is 5.16. The summed E-state index contributed by atoms with van der Waals surface area (Å²) in [6.45, 7) is 0.451. The lowest BCUT2D eigenvalue weighted by Gasteiger charge is -2.05. The summed E-state index contributed by atoms with van der Waals surface area (Å²) in [4.78, 5) is 30.3. The van der Waals surface area contributed by atoms with E-state index in [0.29, 0.717) is 29.2 Å². The third-order valence-electron chi connectivity index (χ3n) is 4.01. The van der Waals surface area contributed by atoms with Gasteiger partial charge in [0.15, 0.2) is 5.65 Å². The van der Waals surface area contributed by atoms with Crippen molar-refractivity contribution >= 4 is 51.3 Å². The Balaban J connectivity index is 1.33. The number of rotatable bonds is 6. The smallest absolute Gasteiger partial charge is 0.230 e. The van der Waals surface area contributed by atoms with Gasteiger partial charge in [-0.1, -0.05) is 11.8 Å². The van der Waals surface area contributed by atoms with Crippen molar-refractivity contribution in [2.24, 2.45) is 0 Å². The molecule has 0 unspecified atom stereocenters. The SMILES string of the molecule is O=C(CSc1nc(Cl)nc2nc[nH]c12)NCCc1c[nH]c2ccc(F)cc12. The van der Waals surface area contributed by atoms with Gasteiger partial charge < -0.3 is 15.3 Å². The first kappa shape index (κ1) is 17.7. The van der Waals surface area contributed by atoms with Crippen LogP contribution in [0.25, 0.3) is 22.1 Å². The minimum Gasteiger partial charge on any atom is -0.361 e. The zero-order valence-corrected chi connectivity index (χ0v) is 15.5. The zero-order valence-electron chi connectivity index (χ0n) is 13.9. The Labute approximate surface area is 162 Å². The van der Waals surface area contributed by atoms with Gasteiger partial charge in [-0.05, 0) is 41.8 Å². The topological polar surface area (TPSA) is 99.3 Å². The number of hydrogen-bond donors (Lipinski definition) is 3. The summed E-state index contributed by atoms with van der Waals surface area (Å²) in [5, 5.41) is 4.35. The molecule has 4 rings (SSSR count).